The zero-order chi connectivity index (χ0) is 12.0. The standard InChI is InChI=1S/C11H23NO3S/c1-3-11-9-10(5-7-15-11)12-6-8-16(13,14)4-2/h10-12H,3-9H2,1-2H3. The molecule has 2 atom stereocenters. The first-order chi connectivity index (χ1) is 7.57. The first kappa shape index (κ1) is 13.9. The molecule has 0 spiro atoms. The highest BCUT2D eigenvalue weighted by Gasteiger charge is 2.21. The average molecular weight is 249 g/mol. The van der Waals surface area contributed by atoms with E-state index in [1.807, 2.05) is 0 Å². The van der Waals surface area contributed by atoms with Crippen LogP contribution in [0.4, 0.5) is 0 Å². The first-order valence-corrected chi connectivity index (χ1v) is 7.95. The van der Waals surface area contributed by atoms with E-state index in [1.165, 1.54) is 0 Å². The van der Waals surface area contributed by atoms with Gasteiger partial charge >= 0.3 is 0 Å². The maximum atomic E-state index is 11.3. The topological polar surface area (TPSA) is 55.4 Å². The number of hydrogen-bond donors (Lipinski definition) is 1. The minimum absolute atomic E-state index is 0.236. The molecule has 0 aromatic heterocycles. The molecule has 1 rings (SSSR count). The van der Waals surface area contributed by atoms with Crippen molar-refractivity contribution >= 4 is 9.84 Å². The Hall–Kier alpha value is -0.130. The van der Waals surface area contributed by atoms with Gasteiger partial charge in [-0.25, -0.2) is 8.42 Å². The molecule has 1 N–H and O–H groups in total. The third-order valence-electron chi connectivity index (χ3n) is 3.11. The van der Waals surface area contributed by atoms with Crippen LogP contribution in [0.5, 0.6) is 0 Å². The quantitative estimate of drug-likeness (QED) is 0.762. The van der Waals surface area contributed by atoms with Gasteiger partial charge in [-0.15, -0.1) is 0 Å². The molecule has 1 aliphatic rings. The van der Waals surface area contributed by atoms with E-state index < -0.39 is 9.84 Å². The molecule has 1 fully saturated rings. The highest BCUT2D eigenvalue weighted by molar-refractivity contribution is 7.91. The molecule has 0 amide bonds. The van der Waals surface area contributed by atoms with Crippen molar-refractivity contribution in [2.24, 2.45) is 0 Å². The lowest BCUT2D eigenvalue weighted by Crippen LogP contribution is -2.40. The summed E-state index contributed by atoms with van der Waals surface area (Å²) in [6, 6.07) is 0.422. The fraction of sp³-hybridized carbons (Fsp3) is 1.00. The van der Waals surface area contributed by atoms with Crippen LogP contribution >= 0.6 is 0 Å². The first-order valence-electron chi connectivity index (χ1n) is 6.12. The van der Waals surface area contributed by atoms with Crippen molar-refractivity contribution < 1.29 is 13.2 Å². The van der Waals surface area contributed by atoms with Crippen LogP contribution in [0.25, 0.3) is 0 Å². The maximum absolute atomic E-state index is 11.3. The van der Waals surface area contributed by atoms with Crippen LogP contribution in [0, 0.1) is 0 Å². The Kier molecular flexibility index (Phi) is 5.72. The van der Waals surface area contributed by atoms with Gasteiger partial charge < -0.3 is 10.1 Å². The fourth-order valence-electron chi connectivity index (χ4n) is 1.91. The molecule has 0 aromatic rings. The molecule has 0 saturated carbocycles. The van der Waals surface area contributed by atoms with Crippen molar-refractivity contribution in [1.29, 1.82) is 0 Å². The summed E-state index contributed by atoms with van der Waals surface area (Å²) < 4.78 is 28.2. The molecular weight excluding hydrogens is 226 g/mol. The lowest BCUT2D eigenvalue weighted by Gasteiger charge is -2.29. The Morgan fingerprint density at radius 3 is 2.75 bits per heavy atom. The van der Waals surface area contributed by atoms with Gasteiger partial charge in [0.25, 0.3) is 0 Å². The number of sulfone groups is 1. The summed E-state index contributed by atoms with van der Waals surface area (Å²) in [4.78, 5) is 0. The van der Waals surface area contributed by atoms with Gasteiger partial charge in [0.2, 0.25) is 0 Å². The summed E-state index contributed by atoms with van der Waals surface area (Å²) in [5, 5.41) is 3.32. The minimum Gasteiger partial charge on any atom is -0.378 e. The van der Waals surface area contributed by atoms with Gasteiger partial charge in [0.1, 0.15) is 0 Å². The predicted octanol–water partition coefficient (Wildman–Crippen LogP) is 0.968. The van der Waals surface area contributed by atoms with E-state index in [9.17, 15) is 8.42 Å². The van der Waals surface area contributed by atoms with Gasteiger partial charge in [-0.1, -0.05) is 13.8 Å². The van der Waals surface area contributed by atoms with Gasteiger partial charge in [-0.3, -0.25) is 0 Å². The van der Waals surface area contributed by atoms with Crippen molar-refractivity contribution in [2.45, 2.75) is 45.3 Å². The van der Waals surface area contributed by atoms with Gasteiger partial charge in [-0.2, -0.15) is 0 Å². The molecule has 4 nitrogen and oxygen atoms in total. The summed E-state index contributed by atoms with van der Waals surface area (Å²) in [6.07, 6.45) is 3.37. The Morgan fingerprint density at radius 1 is 1.38 bits per heavy atom. The van der Waals surface area contributed by atoms with Crippen LogP contribution in [-0.2, 0) is 14.6 Å². The second-order valence-electron chi connectivity index (χ2n) is 4.31. The summed E-state index contributed by atoms with van der Waals surface area (Å²) in [7, 11) is -2.83. The van der Waals surface area contributed by atoms with Crippen molar-refractivity contribution in [2.75, 3.05) is 24.7 Å². The lowest BCUT2D eigenvalue weighted by atomic mass is 10.0. The van der Waals surface area contributed by atoms with E-state index in [0.29, 0.717) is 18.7 Å². The van der Waals surface area contributed by atoms with E-state index in [-0.39, 0.29) is 11.5 Å². The SMILES string of the molecule is CCC1CC(NCCS(=O)(=O)CC)CCO1. The molecule has 1 heterocycles. The Balaban J connectivity index is 2.22. The van der Waals surface area contributed by atoms with E-state index >= 15 is 0 Å². The molecule has 16 heavy (non-hydrogen) atoms. The summed E-state index contributed by atoms with van der Waals surface area (Å²) in [5.74, 6) is 0.484. The second-order valence-corrected chi connectivity index (χ2v) is 6.79. The second kappa shape index (κ2) is 6.57. The third kappa shape index (κ3) is 4.80. The molecule has 0 radical (unpaired) electrons. The Morgan fingerprint density at radius 2 is 2.12 bits per heavy atom. The summed E-state index contributed by atoms with van der Waals surface area (Å²) >= 11 is 0. The highest BCUT2D eigenvalue weighted by Crippen LogP contribution is 2.15. The monoisotopic (exact) mass is 249 g/mol. The van der Waals surface area contributed by atoms with Crippen LogP contribution in [0.15, 0.2) is 0 Å². The molecule has 0 bridgehead atoms. The minimum atomic E-state index is -2.83. The van der Waals surface area contributed by atoms with Crippen LogP contribution in [0.3, 0.4) is 0 Å². The molecule has 1 aliphatic heterocycles. The predicted molar refractivity (Wildman–Crippen MR) is 65.4 cm³/mol. The maximum Gasteiger partial charge on any atom is 0.151 e. The normalized spacial score (nSPS) is 26.9. The van der Waals surface area contributed by atoms with E-state index in [4.69, 9.17) is 4.74 Å². The molecular formula is C11H23NO3S. The zero-order valence-corrected chi connectivity index (χ0v) is 11.1. The smallest absolute Gasteiger partial charge is 0.151 e. The third-order valence-corrected chi connectivity index (χ3v) is 4.81. The van der Waals surface area contributed by atoms with Crippen LogP contribution in [0.1, 0.15) is 33.1 Å². The molecule has 0 aromatic carbocycles. The Labute approximate surface area is 98.7 Å². The Bertz CT molecular complexity index is 290. The van der Waals surface area contributed by atoms with Gasteiger partial charge in [0, 0.05) is 24.9 Å². The zero-order valence-electron chi connectivity index (χ0n) is 10.2. The van der Waals surface area contributed by atoms with Gasteiger partial charge in [0.05, 0.1) is 11.9 Å². The van der Waals surface area contributed by atoms with Gasteiger partial charge in [-0.05, 0) is 19.3 Å². The number of rotatable bonds is 6. The van der Waals surface area contributed by atoms with Crippen LogP contribution < -0.4 is 5.32 Å². The van der Waals surface area contributed by atoms with E-state index in [1.54, 1.807) is 6.92 Å². The van der Waals surface area contributed by atoms with Crippen molar-refractivity contribution in [3.8, 4) is 0 Å². The lowest BCUT2D eigenvalue weighted by molar-refractivity contribution is 0.000339. The number of ether oxygens (including phenoxy) is 1. The van der Waals surface area contributed by atoms with Crippen molar-refractivity contribution in [3.05, 3.63) is 0 Å². The fourth-order valence-corrected chi connectivity index (χ4v) is 2.63. The van der Waals surface area contributed by atoms with Gasteiger partial charge in [0.15, 0.2) is 9.84 Å². The molecule has 96 valence electrons. The van der Waals surface area contributed by atoms with E-state index in [0.717, 1.165) is 25.9 Å². The molecule has 0 aliphatic carbocycles. The average Bonchev–Trinajstić information content (AvgIpc) is 2.29. The largest absolute Gasteiger partial charge is 0.378 e. The number of nitrogens with one attached hydrogen (secondary N) is 1. The summed E-state index contributed by atoms with van der Waals surface area (Å²) in [5.41, 5.74) is 0. The van der Waals surface area contributed by atoms with Crippen molar-refractivity contribution in [3.63, 3.8) is 0 Å². The molecule has 5 heteroatoms. The molecule has 2 unspecified atom stereocenters. The number of hydrogen-bond acceptors (Lipinski definition) is 4. The van der Waals surface area contributed by atoms with E-state index in [2.05, 4.69) is 12.2 Å². The molecule has 1 saturated heterocycles. The highest BCUT2D eigenvalue weighted by atomic mass is 32.2. The summed E-state index contributed by atoms with van der Waals surface area (Å²) in [6.45, 7) is 5.17. The van der Waals surface area contributed by atoms with Crippen LogP contribution in [0.2, 0.25) is 0 Å². The van der Waals surface area contributed by atoms with Crippen LogP contribution in [-0.4, -0.2) is 45.2 Å². The van der Waals surface area contributed by atoms with Crippen molar-refractivity contribution in [1.82, 2.24) is 5.32 Å².